The Morgan fingerprint density at radius 1 is 1.07 bits per heavy atom. The summed E-state index contributed by atoms with van der Waals surface area (Å²) in [5.41, 5.74) is 0. The third-order valence-electron chi connectivity index (χ3n) is 2.89. The van der Waals surface area contributed by atoms with Gasteiger partial charge in [-0.15, -0.1) is 0 Å². The second-order valence-electron chi connectivity index (χ2n) is 4.11. The van der Waals surface area contributed by atoms with Gasteiger partial charge in [0.1, 0.15) is 0 Å². The second-order valence-corrected chi connectivity index (χ2v) is 5.71. The minimum absolute atomic E-state index is 0.464. The van der Waals surface area contributed by atoms with Crippen molar-refractivity contribution in [2.24, 2.45) is 0 Å². The molecule has 0 heterocycles. The van der Waals surface area contributed by atoms with Crippen LogP contribution in [0.2, 0.25) is 0 Å². The number of halogens is 1. The molecule has 0 spiro atoms. The maximum absolute atomic E-state index is 5.90. The molecule has 15 heavy (non-hydrogen) atoms. The van der Waals surface area contributed by atoms with E-state index in [0.29, 0.717) is 10.0 Å². The van der Waals surface area contributed by atoms with Crippen LogP contribution >= 0.6 is 22.6 Å². The smallest absolute Gasteiger partial charge is 0.0704 e. The summed E-state index contributed by atoms with van der Waals surface area (Å²) in [7, 11) is 0. The predicted molar refractivity (Wildman–Crippen MR) is 71.7 cm³/mol. The monoisotopic (exact) mass is 326 g/mol. The zero-order valence-electron chi connectivity index (χ0n) is 9.71. The van der Waals surface area contributed by atoms with Crippen molar-refractivity contribution in [1.29, 1.82) is 0 Å². The van der Waals surface area contributed by atoms with Crippen LogP contribution in [0.3, 0.4) is 0 Å². The third-order valence-corrected chi connectivity index (χ3v) is 4.31. The minimum atomic E-state index is 0.464. The summed E-state index contributed by atoms with van der Waals surface area (Å²) < 4.78 is 11.9. The Kier molecular flexibility index (Phi) is 8.01. The van der Waals surface area contributed by atoms with Crippen LogP contribution in [0.15, 0.2) is 0 Å². The normalized spacial score (nSPS) is 28.4. The zero-order valence-corrected chi connectivity index (χ0v) is 11.9. The molecule has 1 saturated carbocycles. The Labute approximate surface area is 107 Å². The van der Waals surface area contributed by atoms with Crippen molar-refractivity contribution in [3.05, 3.63) is 0 Å². The molecule has 0 aromatic rings. The summed E-state index contributed by atoms with van der Waals surface area (Å²) in [6.07, 6.45) is 8.52. The average molecular weight is 326 g/mol. The van der Waals surface area contributed by atoms with Crippen LogP contribution < -0.4 is 0 Å². The first kappa shape index (κ1) is 13.7. The Bertz CT molecular complexity index is 153. The molecular weight excluding hydrogens is 303 g/mol. The molecule has 1 fully saturated rings. The van der Waals surface area contributed by atoms with Gasteiger partial charge in [0, 0.05) is 10.5 Å². The molecule has 0 amide bonds. The van der Waals surface area contributed by atoms with Gasteiger partial charge >= 0.3 is 0 Å². The van der Waals surface area contributed by atoms with Gasteiger partial charge in [0.25, 0.3) is 0 Å². The van der Waals surface area contributed by atoms with Crippen molar-refractivity contribution in [1.82, 2.24) is 0 Å². The van der Waals surface area contributed by atoms with Crippen molar-refractivity contribution in [2.45, 2.75) is 55.5 Å². The summed E-state index contributed by atoms with van der Waals surface area (Å²) in [5, 5.41) is 0. The van der Waals surface area contributed by atoms with Crippen LogP contribution in [0.4, 0.5) is 0 Å². The first-order chi connectivity index (χ1) is 7.34. The number of alkyl halides is 1. The summed E-state index contributed by atoms with van der Waals surface area (Å²) in [6, 6.07) is 0. The van der Waals surface area contributed by atoms with E-state index in [-0.39, 0.29) is 0 Å². The van der Waals surface area contributed by atoms with Crippen LogP contribution in [-0.4, -0.2) is 29.8 Å². The summed E-state index contributed by atoms with van der Waals surface area (Å²) in [4.78, 5) is 0. The van der Waals surface area contributed by atoms with Gasteiger partial charge in [-0.05, 0) is 19.8 Å². The maximum atomic E-state index is 5.90. The quantitative estimate of drug-likeness (QED) is 0.437. The van der Waals surface area contributed by atoms with Crippen molar-refractivity contribution in [2.75, 3.05) is 19.8 Å². The molecule has 1 rings (SSSR count). The Morgan fingerprint density at radius 2 is 1.80 bits per heavy atom. The molecule has 0 aliphatic heterocycles. The predicted octanol–water partition coefficient (Wildman–Crippen LogP) is 3.57. The Hall–Kier alpha value is 0.650. The lowest BCUT2D eigenvalue weighted by molar-refractivity contribution is 0.00173. The van der Waals surface area contributed by atoms with E-state index in [1.54, 1.807) is 0 Å². The van der Waals surface area contributed by atoms with E-state index in [1.807, 2.05) is 6.92 Å². The molecule has 0 saturated heterocycles. The minimum Gasteiger partial charge on any atom is -0.379 e. The number of hydrogen-bond donors (Lipinski definition) is 0. The van der Waals surface area contributed by atoms with Crippen LogP contribution in [0, 0.1) is 0 Å². The fourth-order valence-electron chi connectivity index (χ4n) is 2.00. The summed E-state index contributed by atoms with van der Waals surface area (Å²) in [5.74, 6) is 0. The topological polar surface area (TPSA) is 18.5 Å². The van der Waals surface area contributed by atoms with Crippen molar-refractivity contribution >= 4 is 22.6 Å². The molecule has 2 unspecified atom stereocenters. The highest BCUT2D eigenvalue weighted by Crippen LogP contribution is 2.25. The molecule has 0 N–H and O–H groups in total. The number of ether oxygens (including phenoxy) is 2. The SMILES string of the molecule is CCOCCOC1CCCCCCC1I. The molecule has 90 valence electrons. The Balaban J connectivity index is 2.17. The highest BCUT2D eigenvalue weighted by atomic mass is 127. The van der Waals surface area contributed by atoms with E-state index in [0.717, 1.165) is 19.8 Å². The second kappa shape index (κ2) is 8.76. The summed E-state index contributed by atoms with van der Waals surface area (Å²) >= 11 is 2.56. The van der Waals surface area contributed by atoms with Gasteiger partial charge in [-0.2, -0.15) is 0 Å². The molecule has 3 heteroatoms. The van der Waals surface area contributed by atoms with Crippen LogP contribution in [0.25, 0.3) is 0 Å². The van der Waals surface area contributed by atoms with Gasteiger partial charge in [-0.3, -0.25) is 0 Å². The van der Waals surface area contributed by atoms with E-state index >= 15 is 0 Å². The lowest BCUT2D eigenvalue weighted by Gasteiger charge is -2.25. The average Bonchev–Trinajstić information content (AvgIpc) is 2.22. The fourth-order valence-corrected chi connectivity index (χ4v) is 3.00. The van der Waals surface area contributed by atoms with Crippen LogP contribution in [0.5, 0.6) is 0 Å². The van der Waals surface area contributed by atoms with Gasteiger partial charge in [0.15, 0.2) is 0 Å². The molecule has 0 radical (unpaired) electrons. The van der Waals surface area contributed by atoms with E-state index in [4.69, 9.17) is 9.47 Å². The first-order valence-electron chi connectivity index (χ1n) is 6.18. The van der Waals surface area contributed by atoms with Gasteiger partial charge in [-0.25, -0.2) is 0 Å². The maximum Gasteiger partial charge on any atom is 0.0704 e. The molecule has 2 nitrogen and oxygen atoms in total. The summed E-state index contributed by atoms with van der Waals surface area (Å²) in [6.45, 7) is 4.33. The molecule has 0 aromatic heterocycles. The van der Waals surface area contributed by atoms with Crippen molar-refractivity contribution < 1.29 is 9.47 Å². The van der Waals surface area contributed by atoms with Gasteiger partial charge < -0.3 is 9.47 Å². The molecule has 0 aromatic carbocycles. The largest absolute Gasteiger partial charge is 0.379 e. The molecule has 1 aliphatic carbocycles. The molecular formula is C12H23IO2. The van der Waals surface area contributed by atoms with E-state index in [2.05, 4.69) is 22.6 Å². The zero-order chi connectivity index (χ0) is 10.9. The van der Waals surface area contributed by atoms with E-state index < -0.39 is 0 Å². The van der Waals surface area contributed by atoms with Crippen LogP contribution in [0.1, 0.15) is 45.4 Å². The highest BCUT2D eigenvalue weighted by Gasteiger charge is 2.20. The van der Waals surface area contributed by atoms with Gasteiger partial charge in [0.2, 0.25) is 0 Å². The van der Waals surface area contributed by atoms with E-state index in [1.165, 1.54) is 38.5 Å². The molecule has 1 aliphatic rings. The van der Waals surface area contributed by atoms with Crippen molar-refractivity contribution in [3.63, 3.8) is 0 Å². The number of rotatable bonds is 5. The van der Waals surface area contributed by atoms with Crippen LogP contribution in [-0.2, 0) is 9.47 Å². The lowest BCUT2D eigenvalue weighted by Crippen LogP contribution is -2.27. The standard InChI is InChI=1S/C12H23IO2/c1-2-14-9-10-15-12-8-6-4-3-5-7-11(12)13/h11-12H,2-10H2,1H3. The molecule has 2 atom stereocenters. The first-order valence-corrected chi connectivity index (χ1v) is 7.42. The third kappa shape index (κ3) is 6.07. The van der Waals surface area contributed by atoms with Crippen molar-refractivity contribution in [3.8, 4) is 0 Å². The van der Waals surface area contributed by atoms with Gasteiger partial charge in [-0.1, -0.05) is 48.3 Å². The fraction of sp³-hybridized carbons (Fsp3) is 1.00. The number of hydrogen-bond acceptors (Lipinski definition) is 2. The lowest BCUT2D eigenvalue weighted by atomic mass is 9.98. The molecule has 0 bridgehead atoms. The van der Waals surface area contributed by atoms with Gasteiger partial charge in [0.05, 0.1) is 19.3 Å². The van der Waals surface area contributed by atoms with E-state index in [9.17, 15) is 0 Å². The highest BCUT2D eigenvalue weighted by molar-refractivity contribution is 14.1. The Morgan fingerprint density at radius 3 is 2.53 bits per heavy atom.